The van der Waals surface area contributed by atoms with E-state index in [0.717, 1.165) is 25.0 Å². The standard InChI is InChI=1S/C15H20ClNO2/c1-2-10-19-14-5-3-4-12(11-14)15(18)17(9-8-16)13-6-7-13/h3-5,11,13H,2,6-10H2,1H3. The minimum atomic E-state index is 0.0603. The van der Waals surface area contributed by atoms with Crippen LogP contribution in [0.4, 0.5) is 0 Å². The molecule has 2 rings (SSSR count). The Morgan fingerprint density at radius 3 is 2.89 bits per heavy atom. The monoisotopic (exact) mass is 281 g/mol. The minimum absolute atomic E-state index is 0.0603. The second-order valence-electron chi connectivity index (χ2n) is 4.79. The Hall–Kier alpha value is -1.22. The molecule has 1 aliphatic carbocycles. The van der Waals surface area contributed by atoms with Crippen LogP contribution >= 0.6 is 11.6 Å². The molecule has 0 saturated heterocycles. The van der Waals surface area contributed by atoms with Crippen LogP contribution in [0.3, 0.4) is 0 Å². The van der Waals surface area contributed by atoms with E-state index < -0.39 is 0 Å². The summed E-state index contributed by atoms with van der Waals surface area (Å²) < 4.78 is 5.56. The zero-order valence-electron chi connectivity index (χ0n) is 11.3. The van der Waals surface area contributed by atoms with Gasteiger partial charge in [0.15, 0.2) is 0 Å². The summed E-state index contributed by atoms with van der Waals surface area (Å²) in [6, 6.07) is 7.79. The van der Waals surface area contributed by atoms with E-state index in [2.05, 4.69) is 6.92 Å². The number of nitrogens with zero attached hydrogens (tertiary/aromatic N) is 1. The third-order valence-electron chi connectivity index (χ3n) is 3.13. The fraction of sp³-hybridized carbons (Fsp3) is 0.533. The Balaban J connectivity index is 2.08. The van der Waals surface area contributed by atoms with Gasteiger partial charge in [0.25, 0.3) is 5.91 Å². The van der Waals surface area contributed by atoms with Crippen molar-refractivity contribution >= 4 is 17.5 Å². The molecule has 0 aliphatic heterocycles. The molecule has 1 amide bonds. The molecule has 0 radical (unpaired) electrons. The number of carbonyl (C=O) groups is 1. The molecule has 0 N–H and O–H groups in total. The first kappa shape index (κ1) is 14.2. The summed E-state index contributed by atoms with van der Waals surface area (Å²) in [7, 11) is 0. The Kier molecular flexibility index (Phi) is 5.08. The molecule has 0 spiro atoms. The summed E-state index contributed by atoms with van der Waals surface area (Å²) in [6.45, 7) is 3.35. The fourth-order valence-corrected chi connectivity index (χ4v) is 2.21. The predicted molar refractivity (Wildman–Crippen MR) is 77.0 cm³/mol. The number of hydrogen-bond donors (Lipinski definition) is 0. The highest BCUT2D eigenvalue weighted by Gasteiger charge is 2.32. The molecule has 0 bridgehead atoms. The molecular formula is C15H20ClNO2. The van der Waals surface area contributed by atoms with E-state index in [9.17, 15) is 4.79 Å². The van der Waals surface area contributed by atoms with Crippen molar-refractivity contribution in [2.75, 3.05) is 19.0 Å². The lowest BCUT2D eigenvalue weighted by Crippen LogP contribution is -2.34. The van der Waals surface area contributed by atoms with E-state index in [4.69, 9.17) is 16.3 Å². The van der Waals surface area contributed by atoms with Crippen LogP contribution in [0, 0.1) is 0 Å². The van der Waals surface area contributed by atoms with Crippen LogP contribution in [-0.2, 0) is 0 Å². The smallest absolute Gasteiger partial charge is 0.254 e. The molecule has 0 aromatic heterocycles. The summed E-state index contributed by atoms with van der Waals surface area (Å²) in [5.74, 6) is 1.30. The van der Waals surface area contributed by atoms with Gasteiger partial charge in [0.2, 0.25) is 0 Å². The van der Waals surface area contributed by atoms with Crippen molar-refractivity contribution in [3.63, 3.8) is 0 Å². The van der Waals surface area contributed by atoms with E-state index in [-0.39, 0.29) is 5.91 Å². The molecule has 1 aromatic carbocycles. The third kappa shape index (κ3) is 3.87. The van der Waals surface area contributed by atoms with Gasteiger partial charge in [-0.15, -0.1) is 11.6 Å². The normalized spacial score (nSPS) is 14.2. The maximum absolute atomic E-state index is 12.5. The van der Waals surface area contributed by atoms with Crippen LogP contribution in [0.2, 0.25) is 0 Å². The molecule has 4 heteroatoms. The number of amides is 1. The van der Waals surface area contributed by atoms with Crippen molar-refractivity contribution in [2.45, 2.75) is 32.2 Å². The second kappa shape index (κ2) is 6.80. The van der Waals surface area contributed by atoms with Crippen LogP contribution in [0.1, 0.15) is 36.5 Å². The number of halogens is 1. The lowest BCUT2D eigenvalue weighted by Gasteiger charge is -2.21. The van der Waals surface area contributed by atoms with Gasteiger partial charge in [0.05, 0.1) is 6.61 Å². The average Bonchev–Trinajstić information content (AvgIpc) is 3.26. The van der Waals surface area contributed by atoms with Gasteiger partial charge in [-0.2, -0.15) is 0 Å². The van der Waals surface area contributed by atoms with Gasteiger partial charge in [-0.3, -0.25) is 4.79 Å². The topological polar surface area (TPSA) is 29.5 Å². The number of rotatable bonds is 7. The lowest BCUT2D eigenvalue weighted by molar-refractivity contribution is 0.0753. The van der Waals surface area contributed by atoms with Gasteiger partial charge in [-0.1, -0.05) is 13.0 Å². The molecule has 1 saturated carbocycles. The number of carbonyl (C=O) groups excluding carboxylic acids is 1. The lowest BCUT2D eigenvalue weighted by atomic mass is 10.2. The second-order valence-corrected chi connectivity index (χ2v) is 5.17. The summed E-state index contributed by atoms with van der Waals surface area (Å²) in [6.07, 6.45) is 3.14. The SMILES string of the molecule is CCCOc1cccc(C(=O)N(CCCl)C2CC2)c1. The van der Waals surface area contributed by atoms with Crippen molar-refractivity contribution < 1.29 is 9.53 Å². The van der Waals surface area contributed by atoms with Gasteiger partial charge in [-0.05, 0) is 37.5 Å². The van der Waals surface area contributed by atoms with E-state index in [1.807, 2.05) is 29.2 Å². The van der Waals surface area contributed by atoms with Crippen LogP contribution in [-0.4, -0.2) is 35.9 Å². The molecule has 104 valence electrons. The molecule has 3 nitrogen and oxygen atoms in total. The molecule has 1 fully saturated rings. The minimum Gasteiger partial charge on any atom is -0.494 e. The average molecular weight is 282 g/mol. The highest BCUT2D eigenvalue weighted by Crippen LogP contribution is 2.28. The Morgan fingerprint density at radius 2 is 2.26 bits per heavy atom. The van der Waals surface area contributed by atoms with Crippen LogP contribution in [0.15, 0.2) is 24.3 Å². The van der Waals surface area contributed by atoms with Crippen molar-refractivity contribution in [1.82, 2.24) is 4.90 Å². The summed E-state index contributed by atoms with van der Waals surface area (Å²) >= 11 is 5.78. The van der Waals surface area contributed by atoms with Gasteiger partial charge in [0.1, 0.15) is 5.75 Å². The van der Waals surface area contributed by atoms with Crippen molar-refractivity contribution in [2.24, 2.45) is 0 Å². The van der Waals surface area contributed by atoms with Gasteiger partial charge in [0, 0.05) is 24.0 Å². The molecule has 1 aromatic rings. The van der Waals surface area contributed by atoms with Gasteiger partial charge >= 0.3 is 0 Å². The van der Waals surface area contributed by atoms with Crippen molar-refractivity contribution in [1.29, 1.82) is 0 Å². The summed E-state index contributed by atoms with van der Waals surface area (Å²) in [4.78, 5) is 14.3. The zero-order valence-corrected chi connectivity index (χ0v) is 12.0. The Morgan fingerprint density at radius 1 is 1.47 bits per heavy atom. The number of hydrogen-bond acceptors (Lipinski definition) is 2. The van der Waals surface area contributed by atoms with Gasteiger partial charge in [-0.25, -0.2) is 0 Å². The maximum atomic E-state index is 12.5. The fourth-order valence-electron chi connectivity index (χ4n) is 2.03. The van der Waals surface area contributed by atoms with E-state index in [1.54, 1.807) is 0 Å². The highest BCUT2D eigenvalue weighted by atomic mass is 35.5. The third-order valence-corrected chi connectivity index (χ3v) is 3.30. The first-order valence-corrected chi connectivity index (χ1v) is 7.39. The molecule has 19 heavy (non-hydrogen) atoms. The van der Waals surface area contributed by atoms with Crippen LogP contribution in [0.5, 0.6) is 5.75 Å². The highest BCUT2D eigenvalue weighted by molar-refractivity contribution is 6.18. The van der Waals surface area contributed by atoms with Crippen molar-refractivity contribution in [3.8, 4) is 5.75 Å². The number of benzene rings is 1. The molecule has 1 aliphatic rings. The van der Waals surface area contributed by atoms with Crippen LogP contribution < -0.4 is 4.74 Å². The molecular weight excluding hydrogens is 262 g/mol. The first-order valence-electron chi connectivity index (χ1n) is 6.86. The maximum Gasteiger partial charge on any atom is 0.254 e. The molecule has 0 heterocycles. The van der Waals surface area contributed by atoms with E-state index in [0.29, 0.717) is 30.6 Å². The van der Waals surface area contributed by atoms with Crippen molar-refractivity contribution in [3.05, 3.63) is 29.8 Å². The summed E-state index contributed by atoms with van der Waals surface area (Å²) in [5, 5.41) is 0. The molecule has 0 atom stereocenters. The number of alkyl halides is 1. The summed E-state index contributed by atoms with van der Waals surface area (Å²) in [5.41, 5.74) is 0.686. The van der Waals surface area contributed by atoms with E-state index >= 15 is 0 Å². The first-order chi connectivity index (χ1) is 9.26. The quantitative estimate of drug-likeness (QED) is 0.718. The van der Waals surface area contributed by atoms with Crippen LogP contribution in [0.25, 0.3) is 0 Å². The van der Waals surface area contributed by atoms with E-state index in [1.165, 1.54) is 0 Å². The Bertz CT molecular complexity index is 432. The largest absolute Gasteiger partial charge is 0.494 e. The molecule has 0 unspecified atom stereocenters. The van der Waals surface area contributed by atoms with Gasteiger partial charge < -0.3 is 9.64 Å². The predicted octanol–water partition coefficient (Wildman–Crippen LogP) is 3.32. The zero-order chi connectivity index (χ0) is 13.7. The Labute approximate surface area is 119 Å². The number of ether oxygens (including phenoxy) is 1.